The van der Waals surface area contributed by atoms with Crippen LogP contribution in [0.1, 0.15) is 30.9 Å². The molecule has 3 heteroatoms. The second kappa shape index (κ2) is 4.94. The number of nitrogens with zero attached hydrogens (tertiary/aromatic N) is 1. The molecule has 18 heavy (non-hydrogen) atoms. The minimum atomic E-state index is 0.455. The summed E-state index contributed by atoms with van der Waals surface area (Å²) in [6.45, 7) is 1.11. The number of rotatable bonds is 2. The molecule has 0 spiro atoms. The van der Waals surface area contributed by atoms with E-state index in [2.05, 4.69) is 22.4 Å². The summed E-state index contributed by atoms with van der Waals surface area (Å²) in [4.78, 5) is 4.45. The SMILES string of the molecule is COc1ccc(C2CCCCN2)c2cccnc12. The molecule has 94 valence electrons. The standard InChI is InChI=1S/C15H18N2O/c1-18-14-8-7-11(13-6-2-3-9-16-13)12-5-4-10-17-15(12)14/h4-5,7-8,10,13,16H,2-3,6,9H2,1H3. The highest BCUT2D eigenvalue weighted by molar-refractivity contribution is 5.87. The Hall–Kier alpha value is -1.61. The molecular weight excluding hydrogens is 224 g/mol. The van der Waals surface area contributed by atoms with Gasteiger partial charge in [-0.15, -0.1) is 0 Å². The number of nitrogens with one attached hydrogen (secondary N) is 1. The Morgan fingerprint density at radius 2 is 2.22 bits per heavy atom. The van der Waals surface area contributed by atoms with E-state index in [9.17, 15) is 0 Å². The molecule has 1 aromatic carbocycles. The lowest BCUT2D eigenvalue weighted by Crippen LogP contribution is -2.26. The summed E-state index contributed by atoms with van der Waals surface area (Å²) in [5.41, 5.74) is 2.31. The first-order chi connectivity index (χ1) is 8.90. The molecule has 1 aromatic heterocycles. The van der Waals surface area contributed by atoms with Crippen LogP contribution in [0.25, 0.3) is 10.9 Å². The number of benzene rings is 1. The predicted octanol–water partition coefficient (Wildman–Crippen LogP) is 3.06. The molecule has 0 amide bonds. The van der Waals surface area contributed by atoms with Crippen LogP contribution in [0.5, 0.6) is 5.75 Å². The van der Waals surface area contributed by atoms with Crippen molar-refractivity contribution in [2.24, 2.45) is 0 Å². The molecule has 1 N–H and O–H groups in total. The Balaban J connectivity index is 2.12. The maximum Gasteiger partial charge on any atom is 0.145 e. The van der Waals surface area contributed by atoms with Gasteiger partial charge in [-0.1, -0.05) is 18.6 Å². The van der Waals surface area contributed by atoms with Crippen LogP contribution >= 0.6 is 0 Å². The first-order valence-electron chi connectivity index (χ1n) is 6.55. The van der Waals surface area contributed by atoms with Crippen LogP contribution in [0, 0.1) is 0 Å². The third-order valence-corrected chi connectivity index (χ3v) is 3.67. The second-order valence-electron chi connectivity index (χ2n) is 4.76. The van der Waals surface area contributed by atoms with Crippen molar-refractivity contribution in [1.82, 2.24) is 10.3 Å². The van der Waals surface area contributed by atoms with Crippen LogP contribution < -0.4 is 10.1 Å². The Morgan fingerprint density at radius 3 is 3.00 bits per heavy atom. The van der Waals surface area contributed by atoms with Crippen molar-refractivity contribution in [1.29, 1.82) is 0 Å². The van der Waals surface area contributed by atoms with Gasteiger partial charge in [-0.05, 0) is 37.1 Å². The smallest absolute Gasteiger partial charge is 0.145 e. The number of ether oxygens (including phenoxy) is 1. The van der Waals surface area contributed by atoms with Crippen molar-refractivity contribution < 1.29 is 4.74 Å². The van der Waals surface area contributed by atoms with Gasteiger partial charge in [0.25, 0.3) is 0 Å². The Bertz CT molecular complexity index is 547. The van der Waals surface area contributed by atoms with E-state index < -0.39 is 0 Å². The van der Waals surface area contributed by atoms with Gasteiger partial charge in [0.1, 0.15) is 11.3 Å². The van der Waals surface area contributed by atoms with Gasteiger partial charge in [0.2, 0.25) is 0 Å². The first kappa shape index (κ1) is 11.5. The molecule has 2 aromatic rings. The number of fused-ring (bicyclic) bond motifs is 1. The zero-order valence-corrected chi connectivity index (χ0v) is 10.6. The van der Waals surface area contributed by atoms with Crippen LogP contribution in [0.3, 0.4) is 0 Å². The molecule has 1 aliphatic heterocycles. The third-order valence-electron chi connectivity index (χ3n) is 3.67. The van der Waals surface area contributed by atoms with Crippen LogP contribution in [0.15, 0.2) is 30.5 Å². The quantitative estimate of drug-likeness (QED) is 0.878. The molecule has 1 unspecified atom stereocenters. The van der Waals surface area contributed by atoms with Crippen LogP contribution in [-0.2, 0) is 0 Å². The Labute approximate surface area is 107 Å². The fraction of sp³-hybridized carbons (Fsp3) is 0.400. The number of pyridine rings is 1. The molecule has 1 atom stereocenters. The summed E-state index contributed by atoms with van der Waals surface area (Å²) in [5, 5.41) is 4.80. The zero-order chi connectivity index (χ0) is 12.4. The maximum absolute atomic E-state index is 5.39. The summed E-state index contributed by atoms with van der Waals surface area (Å²) in [6.07, 6.45) is 5.60. The monoisotopic (exact) mass is 242 g/mol. The highest BCUT2D eigenvalue weighted by Crippen LogP contribution is 2.32. The fourth-order valence-electron chi connectivity index (χ4n) is 2.75. The lowest BCUT2D eigenvalue weighted by atomic mass is 9.94. The van der Waals surface area contributed by atoms with Crippen LogP contribution in [-0.4, -0.2) is 18.6 Å². The lowest BCUT2D eigenvalue weighted by Gasteiger charge is -2.25. The minimum Gasteiger partial charge on any atom is -0.494 e. The molecule has 3 nitrogen and oxygen atoms in total. The number of hydrogen-bond acceptors (Lipinski definition) is 3. The summed E-state index contributed by atoms with van der Waals surface area (Å²) in [5.74, 6) is 0.852. The number of piperidine rings is 1. The highest BCUT2D eigenvalue weighted by Gasteiger charge is 2.18. The molecule has 0 aliphatic carbocycles. The molecule has 1 fully saturated rings. The highest BCUT2D eigenvalue weighted by atomic mass is 16.5. The normalized spacial score (nSPS) is 19.9. The molecule has 1 aliphatic rings. The Morgan fingerprint density at radius 1 is 1.28 bits per heavy atom. The lowest BCUT2D eigenvalue weighted by molar-refractivity contribution is 0.410. The van der Waals surface area contributed by atoms with E-state index >= 15 is 0 Å². The average Bonchev–Trinajstić information content (AvgIpc) is 2.47. The van der Waals surface area contributed by atoms with Crippen LogP contribution in [0.4, 0.5) is 0 Å². The molecule has 0 bridgehead atoms. The van der Waals surface area contributed by atoms with Crippen LogP contribution in [0.2, 0.25) is 0 Å². The molecule has 3 rings (SSSR count). The largest absolute Gasteiger partial charge is 0.494 e. The van der Waals surface area contributed by atoms with Gasteiger partial charge in [0.05, 0.1) is 7.11 Å². The summed E-state index contributed by atoms with van der Waals surface area (Å²) in [6, 6.07) is 8.79. The minimum absolute atomic E-state index is 0.455. The van der Waals surface area contributed by atoms with E-state index in [1.807, 2.05) is 18.3 Å². The van der Waals surface area contributed by atoms with Crippen molar-refractivity contribution in [3.8, 4) is 5.75 Å². The predicted molar refractivity (Wildman–Crippen MR) is 72.9 cm³/mol. The van der Waals surface area contributed by atoms with Gasteiger partial charge in [0.15, 0.2) is 0 Å². The number of hydrogen-bond donors (Lipinski definition) is 1. The maximum atomic E-state index is 5.39. The van der Waals surface area contributed by atoms with E-state index in [0.29, 0.717) is 6.04 Å². The summed E-state index contributed by atoms with van der Waals surface area (Å²) >= 11 is 0. The van der Waals surface area contributed by atoms with Gasteiger partial charge >= 0.3 is 0 Å². The van der Waals surface area contributed by atoms with E-state index in [1.165, 1.54) is 30.2 Å². The van der Waals surface area contributed by atoms with Gasteiger partial charge < -0.3 is 10.1 Å². The number of methoxy groups -OCH3 is 1. The Kier molecular flexibility index (Phi) is 3.15. The molecule has 0 radical (unpaired) electrons. The number of aromatic nitrogens is 1. The first-order valence-corrected chi connectivity index (χ1v) is 6.55. The van der Waals surface area contributed by atoms with Gasteiger partial charge in [-0.25, -0.2) is 0 Å². The second-order valence-corrected chi connectivity index (χ2v) is 4.76. The van der Waals surface area contributed by atoms with Crippen molar-refractivity contribution in [2.75, 3.05) is 13.7 Å². The molecule has 0 saturated carbocycles. The van der Waals surface area contributed by atoms with Gasteiger partial charge in [0, 0.05) is 17.6 Å². The van der Waals surface area contributed by atoms with E-state index in [-0.39, 0.29) is 0 Å². The topological polar surface area (TPSA) is 34.1 Å². The van der Waals surface area contributed by atoms with E-state index in [1.54, 1.807) is 7.11 Å². The van der Waals surface area contributed by atoms with Crippen molar-refractivity contribution in [2.45, 2.75) is 25.3 Å². The fourth-order valence-corrected chi connectivity index (χ4v) is 2.75. The van der Waals surface area contributed by atoms with Gasteiger partial charge in [-0.3, -0.25) is 4.98 Å². The van der Waals surface area contributed by atoms with Crippen molar-refractivity contribution >= 4 is 10.9 Å². The molecule has 2 heterocycles. The molecule has 1 saturated heterocycles. The summed E-state index contributed by atoms with van der Waals surface area (Å²) in [7, 11) is 1.70. The zero-order valence-electron chi connectivity index (χ0n) is 10.6. The summed E-state index contributed by atoms with van der Waals surface area (Å²) < 4.78 is 5.39. The molecular formula is C15H18N2O. The third kappa shape index (κ3) is 1.95. The van der Waals surface area contributed by atoms with Crippen molar-refractivity contribution in [3.63, 3.8) is 0 Å². The van der Waals surface area contributed by atoms with Gasteiger partial charge in [-0.2, -0.15) is 0 Å². The van der Waals surface area contributed by atoms with E-state index in [0.717, 1.165) is 17.8 Å². The average molecular weight is 242 g/mol. The van der Waals surface area contributed by atoms with E-state index in [4.69, 9.17) is 4.74 Å². The van der Waals surface area contributed by atoms with Crippen molar-refractivity contribution in [3.05, 3.63) is 36.0 Å².